The number of oxazole rings is 1. The van der Waals surface area contributed by atoms with Crippen LogP contribution in [0.3, 0.4) is 0 Å². The van der Waals surface area contributed by atoms with Gasteiger partial charge in [-0.05, 0) is 49.1 Å². The number of ether oxygens (including phenoxy) is 1. The van der Waals surface area contributed by atoms with Gasteiger partial charge in [-0.3, -0.25) is 9.69 Å². The molecule has 2 aromatic carbocycles. The van der Waals surface area contributed by atoms with E-state index in [9.17, 15) is 4.79 Å². The molecule has 178 valence electrons. The number of hydrogen-bond acceptors (Lipinski definition) is 5. The lowest BCUT2D eigenvalue weighted by atomic mass is 10.1. The third kappa shape index (κ3) is 5.85. The second kappa shape index (κ2) is 11.0. The van der Waals surface area contributed by atoms with Crippen molar-refractivity contribution in [3.63, 3.8) is 0 Å². The third-order valence-corrected chi connectivity index (χ3v) is 6.07. The Bertz CT molecular complexity index is 1210. The van der Waals surface area contributed by atoms with Crippen LogP contribution in [0.2, 0.25) is 0 Å². The first-order valence-corrected chi connectivity index (χ1v) is 11.7. The Balaban J connectivity index is 1.48. The van der Waals surface area contributed by atoms with Crippen LogP contribution in [0.25, 0.3) is 10.9 Å². The summed E-state index contributed by atoms with van der Waals surface area (Å²) in [6, 6.07) is 16.5. The number of H-pyrrole nitrogens is 1. The lowest BCUT2D eigenvalue weighted by Crippen LogP contribution is -2.32. The van der Waals surface area contributed by atoms with Crippen molar-refractivity contribution in [2.24, 2.45) is 0 Å². The fraction of sp³-hybridized carbons (Fsp3) is 0.333. The molecule has 0 bridgehead atoms. The molecule has 4 aromatic rings. The summed E-state index contributed by atoms with van der Waals surface area (Å²) in [7, 11) is 1.67. The number of carbonyl (C=O) groups excluding carboxylic acids is 1. The first-order valence-electron chi connectivity index (χ1n) is 11.7. The van der Waals surface area contributed by atoms with Crippen LogP contribution < -0.4 is 10.1 Å². The van der Waals surface area contributed by atoms with Gasteiger partial charge in [0.25, 0.3) is 5.91 Å². The van der Waals surface area contributed by atoms with E-state index in [0.717, 1.165) is 37.2 Å². The molecule has 4 rings (SSSR count). The number of rotatable bonds is 11. The molecule has 1 unspecified atom stereocenters. The Morgan fingerprint density at radius 3 is 2.74 bits per heavy atom. The Morgan fingerprint density at radius 2 is 1.97 bits per heavy atom. The van der Waals surface area contributed by atoms with Gasteiger partial charge in [-0.2, -0.15) is 0 Å². The predicted molar refractivity (Wildman–Crippen MR) is 133 cm³/mol. The van der Waals surface area contributed by atoms with Gasteiger partial charge in [-0.15, -0.1) is 0 Å². The normalized spacial score (nSPS) is 12.2. The molecular weight excluding hydrogens is 428 g/mol. The summed E-state index contributed by atoms with van der Waals surface area (Å²) in [6.45, 7) is 6.04. The van der Waals surface area contributed by atoms with Crippen LogP contribution in [-0.2, 0) is 19.5 Å². The van der Waals surface area contributed by atoms with Gasteiger partial charge in [0.05, 0.1) is 13.7 Å². The summed E-state index contributed by atoms with van der Waals surface area (Å²) in [5, 5.41) is 4.18. The van der Waals surface area contributed by atoms with Gasteiger partial charge in [0.1, 0.15) is 12.0 Å². The van der Waals surface area contributed by atoms with Gasteiger partial charge >= 0.3 is 0 Å². The van der Waals surface area contributed by atoms with Crippen LogP contribution in [0.4, 0.5) is 0 Å². The van der Waals surface area contributed by atoms with Crippen molar-refractivity contribution < 1.29 is 13.9 Å². The highest BCUT2D eigenvalue weighted by Gasteiger charge is 2.17. The first kappa shape index (κ1) is 23.6. The molecule has 0 spiro atoms. The van der Waals surface area contributed by atoms with Crippen molar-refractivity contribution in [1.29, 1.82) is 0 Å². The minimum absolute atomic E-state index is 0.0930. The second-order valence-corrected chi connectivity index (χ2v) is 8.58. The van der Waals surface area contributed by atoms with Crippen LogP contribution in [0, 0.1) is 0 Å². The Labute approximate surface area is 200 Å². The number of methoxy groups -OCH3 is 1. The van der Waals surface area contributed by atoms with Crippen LogP contribution in [-0.4, -0.2) is 40.5 Å². The van der Waals surface area contributed by atoms with Gasteiger partial charge in [0.15, 0.2) is 5.69 Å². The monoisotopic (exact) mass is 460 g/mol. The minimum Gasteiger partial charge on any atom is -0.497 e. The molecule has 0 fully saturated rings. The summed E-state index contributed by atoms with van der Waals surface area (Å²) in [5.74, 6) is 1.16. The average Bonchev–Trinajstić information content (AvgIpc) is 3.50. The van der Waals surface area contributed by atoms with Gasteiger partial charge in [0.2, 0.25) is 5.89 Å². The SMILES string of the molecule is CCC(C)NC(=O)c1coc(CN(CCc2c[nH]c3ccccc23)Cc2ccc(OC)cc2)n1. The van der Waals surface area contributed by atoms with E-state index >= 15 is 0 Å². The number of benzene rings is 2. The van der Waals surface area contributed by atoms with E-state index in [0.29, 0.717) is 18.1 Å². The fourth-order valence-electron chi connectivity index (χ4n) is 3.90. The van der Waals surface area contributed by atoms with Gasteiger partial charge in [0, 0.05) is 36.2 Å². The van der Waals surface area contributed by atoms with Gasteiger partial charge < -0.3 is 19.5 Å². The molecule has 1 atom stereocenters. The highest BCUT2D eigenvalue weighted by atomic mass is 16.5. The number of carbonyl (C=O) groups is 1. The zero-order valence-corrected chi connectivity index (χ0v) is 20.0. The van der Waals surface area contributed by atoms with E-state index in [4.69, 9.17) is 9.15 Å². The number of para-hydroxylation sites is 1. The number of amides is 1. The maximum atomic E-state index is 12.4. The van der Waals surface area contributed by atoms with Crippen LogP contribution in [0.5, 0.6) is 5.75 Å². The number of aromatic amines is 1. The number of nitrogens with zero attached hydrogens (tertiary/aromatic N) is 2. The lowest BCUT2D eigenvalue weighted by Gasteiger charge is -2.21. The number of hydrogen-bond donors (Lipinski definition) is 2. The fourth-order valence-corrected chi connectivity index (χ4v) is 3.90. The molecule has 2 heterocycles. The molecule has 7 nitrogen and oxygen atoms in total. The second-order valence-electron chi connectivity index (χ2n) is 8.58. The average molecular weight is 461 g/mol. The van der Waals surface area contributed by atoms with Crippen molar-refractivity contribution >= 4 is 16.8 Å². The molecule has 2 N–H and O–H groups in total. The highest BCUT2D eigenvalue weighted by molar-refractivity contribution is 5.92. The topological polar surface area (TPSA) is 83.4 Å². The molecule has 2 aromatic heterocycles. The molecule has 0 saturated heterocycles. The number of nitrogens with one attached hydrogen (secondary N) is 2. The molecule has 0 radical (unpaired) electrons. The molecule has 0 aliphatic rings. The van der Waals surface area contributed by atoms with E-state index in [2.05, 4.69) is 56.7 Å². The van der Waals surface area contributed by atoms with E-state index < -0.39 is 0 Å². The largest absolute Gasteiger partial charge is 0.497 e. The zero-order valence-electron chi connectivity index (χ0n) is 20.0. The maximum Gasteiger partial charge on any atom is 0.273 e. The van der Waals surface area contributed by atoms with Crippen molar-refractivity contribution in [3.8, 4) is 5.75 Å². The molecule has 34 heavy (non-hydrogen) atoms. The zero-order chi connectivity index (χ0) is 23.9. The Kier molecular flexibility index (Phi) is 7.65. The molecule has 0 saturated carbocycles. The maximum absolute atomic E-state index is 12.4. The molecular formula is C27H32N4O3. The Morgan fingerprint density at radius 1 is 1.18 bits per heavy atom. The lowest BCUT2D eigenvalue weighted by molar-refractivity contribution is 0.0934. The highest BCUT2D eigenvalue weighted by Crippen LogP contribution is 2.20. The van der Waals surface area contributed by atoms with Crippen molar-refractivity contribution in [1.82, 2.24) is 20.2 Å². The quantitative estimate of drug-likeness (QED) is 0.331. The standard InChI is InChI=1S/C27H32N4O3/c1-4-19(2)29-27(32)25-18-34-26(30-25)17-31(16-20-9-11-22(33-3)12-10-20)14-13-21-15-28-24-8-6-5-7-23(21)24/h5-12,15,18-19,28H,4,13-14,16-17H2,1-3H3,(H,29,32). The summed E-state index contributed by atoms with van der Waals surface area (Å²) in [5.41, 5.74) is 3.90. The first-order chi connectivity index (χ1) is 16.6. The van der Waals surface area contributed by atoms with E-state index in [-0.39, 0.29) is 11.9 Å². The number of aromatic nitrogens is 2. The van der Waals surface area contributed by atoms with Crippen LogP contribution in [0.1, 0.15) is 47.8 Å². The van der Waals surface area contributed by atoms with Crippen molar-refractivity contribution in [2.45, 2.75) is 45.8 Å². The summed E-state index contributed by atoms with van der Waals surface area (Å²) in [6.07, 6.45) is 5.26. The molecule has 1 amide bonds. The summed E-state index contributed by atoms with van der Waals surface area (Å²) >= 11 is 0. The van der Waals surface area contributed by atoms with Crippen LogP contribution in [0.15, 0.2) is 65.4 Å². The summed E-state index contributed by atoms with van der Waals surface area (Å²) < 4.78 is 11.0. The molecule has 0 aliphatic carbocycles. The summed E-state index contributed by atoms with van der Waals surface area (Å²) in [4.78, 5) is 22.5. The van der Waals surface area contributed by atoms with E-state index in [1.807, 2.05) is 32.0 Å². The number of fused-ring (bicyclic) bond motifs is 1. The van der Waals surface area contributed by atoms with E-state index in [1.165, 1.54) is 22.8 Å². The van der Waals surface area contributed by atoms with Gasteiger partial charge in [-0.1, -0.05) is 37.3 Å². The van der Waals surface area contributed by atoms with Crippen LogP contribution >= 0.6 is 0 Å². The Hall–Kier alpha value is -3.58. The smallest absolute Gasteiger partial charge is 0.273 e. The van der Waals surface area contributed by atoms with Crippen molar-refractivity contribution in [3.05, 3.63) is 83.7 Å². The molecule has 7 heteroatoms. The third-order valence-electron chi connectivity index (χ3n) is 6.07. The minimum atomic E-state index is -0.204. The van der Waals surface area contributed by atoms with Gasteiger partial charge in [-0.25, -0.2) is 4.98 Å². The molecule has 0 aliphatic heterocycles. The van der Waals surface area contributed by atoms with E-state index in [1.54, 1.807) is 7.11 Å². The predicted octanol–water partition coefficient (Wildman–Crippen LogP) is 4.94. The van der Waals surface area contributed by atoms with Crippen molar-refractivity contribution in [2.75, 3.05) is 13.7 Å².